The van der Waals surface area contributed by atoms with Crippen molar-refractivity contribution in [2.75, 3.05) is 6.54 Å². The maximum Gasteiger partial charge on any atom is 0.253 e. The van der Waals surface area contributed by atoms with E-state index >= 15 is 0 Å². The van der Waals surface area contributed by atoms with Crippen LogP contribution < -0.4 is 10.9 Å². The van der Waals surface area contributed by atoms with E-state index < -0.39 is 0 Å². The third-order valence-electron chi connectivity index (χ3n) is 4.67. The first-order chi connectivity index (χ1) is 9.93. The molecule has 0 saturated heterocycles. The van der Waals surface area contributed by atoms with Gasteiger partial charge in [-0.3, -0.25) is 9.59 Å². The molecule has 2 N–H and O–H groups in total. The maximum atomic E-state index is 12.5. The lowest BCUT2D eigenvalue weighted by atomic mass is 9.92. The number of carbonyl (C=O) groups excluding carboxylic acids is 1. The zero-order valence-electron chi connectivity index (χ0n) is 12.6. The Morgan fingerprint density at radius 3 is 2.86 bits per heavy atom. The summed E-state index contributed by atoms with van der Waals surface area (Å²) in [6.07, 6.45) is 3.90. The second kappa shape index (κ2) is 4.72. The van der Waals surface area contributed by atoms with Crippen molar-refractivity contribution in [1.29, 1.82) is 0 Å². The third-order valence-corrected chi connectivity index (χ3v) is 4.67. The predicted molar refractivity (Wildman–Crippen MR) is 80.2 cm³/mol. The van der Waals surface area contributed by atoms with Crippen molar-refractivity contribution >= 4 is 17.1 Å². The molecule has 3 rings (SSSR count). The summed E-state index contributed by atoms with van der Waals surface area (Å²) in [7, 11) is 1.81. The molecule has 0 bridgehead atoms. The van der Waals surface area contributed by atoms with Gasteiger partial charge in [0.2, 0.25) is 5.56 Å². The Bertz CT molecular complexity index is 753. The number of aromatic nitrogens is 3. The van der Waals surface area contributed by atoms with E-state index in [-0.39, 0.29) is 16.9 Å². The molecule has 0 aromatic carbocycles. The van der Waals surface area contributed by atoms with Crippen LogP contribution in [0.3, 0.4) is 0 Å². The molecule has 1 fully saturated rings. The fraction of sp³-hybridized carbons (Fsp3) is 0.533. The smallest absolute Gasteiger partial charge is 0.253 e. The van der Waals surface area contributed by atoms with Crippen molar-refractivity contribution in [2.45, 2.75) is 26.7 Å². The highest BCUT2D eigenvalue weighted by Crippen LogP contribution is 2.51. The van der Waals surface area contributed by atoms with Gasteiger partial charge in [-0.15, -0.1) is 0 Å². The molecule has 1 amide bonds. The number of aromatic amines is 1. The van der Waals surface area contributed by atoms with Crippen LogP contribution in [0.1, 0.15) is 37.0 Å². The average Bonchev–Trinajstić information content (AvgIpc) is 3.15. The van der Waals surface area contributed by atoms with Crippen molar-refractivity contribution in [1.82, 2.24) is 19.9 Å². The molecule has 1 saturated carbocycles. The molecule has 21 heavy (non-hydrogen) atoms. The number of hydrogen-bond donors (Lipinski definition) is 2. The van der Waals surface area contributed by atoms with Gasteiger partial charge < -0.3 is 14.9 Å². The van der Waals surface area contributed by atoms with Crippen molar-refractivity contribution < 1.29 is 4.79 Å². The van der Waals surface area contributed by atoms with E-state index in [9.17, 15) is 9.59 Å². The Hall–Kier alpha value is -2.11. The molecular weight excluding hydrogens is 268 g/mol. The lowest BCUT2D eigenvalue weighted by Gasteiger charge is -2.20. The number of rotatable bonds is 4. The molecule has 0 aliphatic heterocycles. The van der Waals surface area contributed by atoms with E-state index in [1.165, 1.54) is 6.07 Å². The predicted octanol–water partition coefficient (Wildman–Crippen LogP) is 1.43. The highest BCUT2D eigenvalue weighted by molar-refractivity contribution is 6.04. The van der Waals surface area contributed by atoms with Gasteiger partial charge >= 0.3 is 0 Å². The minimum atomic E-state index is -0.309. The van der Waals surface area contributed by atoms with Crippen LogP contribution in [-0.4, -0.2) is 27.0 Å². The summed E-state index contributed by atoms with van der Waals surface area (Å²) in [5, 5.41) is 2.99. The van der Waals surface area contributed by atoms with Gasteiger partial charge in [-0.1, -0.05) is 13.8 Å². The number of fused-ring (bicyclic) bond motifs is 1. The Labute approximate surface area is 122 Å². The molecule has 112 valence electrons. The number of aryl methyl sites for hydroxylation is 1. The van der Waals surface area contributed by atoms with Gasteiger partial charge in [-0.2, -0.15) is 0 Å². The zero-order chi connectivity index (χ0) is 15.2. The summed E-state index contributed by atoms with van der Waals surface area (Å²) in [6.45, 7) is 5.03. The number of pyridine rings is 1. The number of nitrogens with one attached hydrogen (secondary N) is 2. The number of carbonyl (C=O) groups is 1. The zero-order valence-corrected chi connectivity index (χ0v) is 12.6. The van der Waals surface area contributed by atoms with E-state index in [1.54, 1.807) is 17.9 Å². The normalized spacial score (nSPS) is 16.4. The van der Waals surface area contributed by atoms with Crippen molar-refractivity contribution in [2.24, 2.45) is 18.4 Å². The number of H-pyrrole nitrogens is 1. The first-order valence-electron chi connectivity index (χ1n) is 7.25. The third kappa shape index (κ3) is 2.34. The number of nitrogens with zero attached hydrogens (tertiary/aromatic N) is 2. The molecule has 0 spiro atoms. The first kappa shape index (κ1) is 13.9. The molecular formula is C15H20N4O2. The molecule has 0 unspecified atom stereocenters. The molecule has 0 radical (unpaired) electrons. The summed E-state index contributed by atoms with van der Waals surface area (Å²) >= 11 is 0. The molecule has 2 heterocycles. The maximum absolute atomic E-state index is 12.5. The Morgan fingerprint density at radius 1 is 1.52 bits per heavy atom. The minimum absolute atomic E-state index is 0.207. The van der Waals surface area contributed by atoms with Gasteiger partial charge in [0, 0.05) is 19.7 Å². The molecule has 6 nitrogen and oxygen atoms in total. The molecule has 1 aliphatic rings. The van der Waals surface area contributed by atoms with Gasteiger partial charge in [0.15, 0.2) is 5.65 Å². The minimum Gasteiger partial charge on any atom is -0.351 e. The monoisotopic (exact) mass is 288 g/mol. The van der Waals surface area contributed by atoms with Crippen LogP contribution in [0.15, 0.2) is 17.2 Å². The van der Waals surface area contributed by atoms with Gasteiger partial charge in [0.05, 0.1) is 17.4 Å². The number of hydrogen-bond acceptors (Lipinski definition) is 3. The van der Waals surface area contributed by atoms with Crippen LogP contribution in [0.25, 0.3) is 11.2 Å². The van der Waals surface area contributed by atoms with Crippen LogP contribution in [0.4, 0.5) is 0 Å². The second-order valence-corrected chi connectivity index (χ2v) is 6.30. The van der Waals surface area contributed by atoms with Crippen molar-refractivity contribution in [3.05, 3.63) is 28.3 Å². The van der Waals surface area contributed by atoms with Gasteiger partial charge in [0.1, 0.15) is 0 Å². The lowest BCUT2D eigenvalue weighted by Crippen LogP contribution is -2.33. The molecule has 1 aliphatic carbocycles. The van der Waals surface area contributed by atoms with E-state index in [1.807, 2.05) is 0 Å². The summed E-state index contributed by atoms with van der Waals surface area (Å²) in [5.41, 5.74) is 1.41. The molecule has 2 aromatic rings. The van der Waals surface area contributed by atoms with E-state index in [2.05, 4.69) is 29.1 Å². The van der Waals surface area contributed by atoms with E-state index in [0.717, 1.165) is 12.8 Å². The molecule has 2 aromatic heterocycles. The van der Waals surface area contributed by atoms with Gasteiger partial charge in [0.25, 0.3) is 5.91 Å². The largest absolute Gasteiger partial charge is 0.351 e. The Kier molecular flexibility index (Phi) is 3.11. The number of imidazole rings is 1. The quantitative estimate of drug-likeness (QED) is 0.893. The van der Waals surface area contributed by atoms with Crippen LogP contribution in [0.5, 0.6) is 0 Å². The summed E-state index contributed by atoms with van der Waals surface area (Å²) in [6, 6.07) is 1.34. The lowest BCUT2D eigenvalue weighted by molar-refractivity contribution is 0.0941. The Balaban J connectivity index is 1.88. The van der Waals surface area contributed by atoms with Crippen LogP contribution in [0, 0.1) is 11.3 Å². The van der Waals surface area contributed by atoms with E-state index in [4.69, 9.17) is 0 Å². The summed E-state index contributed by atoms with van der Waals surface area (Å²) in [5.74, 6) is 0.343. The van der Waals surface area contributed by atoms with Crippen LogP contribution in [-0.2, 0) is 7.05 Å². The SMILES string of the molecule is CC(C)C1(CNC(=O)c2cc(=O)[nH]c3ncn(C)c23)CC1. The van der Waals surface area contributed by atoms with Crippen LogP contribution in [0.2, 0.25) is 0 Å². The van der Waals surface area contributed by atoms with E-state index in [0.29, 0.717) is 29.2 Å². The van der Waals surface area contributed by atoms with Gasteiger partial charge in [-0.05, 0) is 24.2 Å². The summed E-state index contributed by atoms with van der Waals surface area (Å²) < 4.78 is 1.75. The highest BCUT2D eigenvalue weighted by atomic mass is 16.2. The standard InChI is InChI=1S/C15H20N4O2/c1-9(2)15(4-5-15)7-16-14(21)10-6-11(20)18-13-12(10)19(3)8-17-13/h6,8-9H,4-5,7H2,1-3H3,(H,16,21)(H,18,20). The fourth-order valence-corrected chi connectivity index (χ4v) is 2.83. The van der Waals surface area contributed by atoms with Gasteiger partial charge in [-0.25, -0.2) is 4.98 Å². The number of amides is 1. The first-order valence-corrected chi connectivity index (χ1v) is 7.25. The molecule has 6 heteroatoms. The fourth-order valence-electron chi connectivity index (χ4n) is 2.83. The molecule has 0 atom stereocenters. The van der Waals surface area contributed by atoms with Crippen molar-refractivity contribution in [3.8, 4) is 0 Å². The second-order valence-electron chi connectivity index (χ2n) is 6.30. The average molecular weight is 288 g/mol. The summed E-state index contributed by atoms with van der Waals surface area (Å²) in [4.78, 5) is 30.8. The highest BCUT2D eigenvalue weighted by Gasteiger charge is 2.45. The Morgan fingerprint density at radius 2 is 2.24 bits per heavy atom. The topological polar surface area (TPSA) is 79.8 Å². The van der Waals surface area contributed by atoms with Crippen molar-refractivity contribution in [3.63, 3.8) is 0 Å². The van der Waals surface area contributed by atoms with Crippen LogP contribution >= 0.6 is 0 Å².